The monoisotopic (exact) mass is 430 g/mol. The average molecular weight is 431 g/mol. The van der Waals surface area contributed by atoms with Crippen molar-refractivity contribution in [3.05, 3.63) is 29.8 Å². The first-order valence-electron chi connectivity index (χ1n) is 13.5. The molecular weight excluding hydrogens is 383 g/mol. The predicted octanol–water partition coefficient (Wildman–Crippen LogP) is 8.94. The molecule has 0 aliphatic heterocycles. The Bertz CT molecular complexity index is 581. The van der Waals surface area contributed by atoms with Crippen LogP contribution in [0, 0.1) is 23.7 Å². The van der Waals surface area contributed by atoms with Crippen LogP contribution in [0.1, 0.15) is 109 Å². The van der Waals surface area contributed by atoms with E-state index in [1.807, 2.05) is 0 Å². The van der Waals surface area contributed by atoms with Gasteiger partial charge in [0.15, 0.2) is 0 Å². The lowest BCUT2D eigenvalue weighted by atomic mass is 9.77. The molecule has 2 fully saturated rings. The summed E-state index contributed by atoms with van der Waals surface area (Å²) < 4.78 is 21.0. The lowest BCUT2D eigenvalue weighted by Gasteiger charge is -2.30. The van der Waals surface area contributed by atoms with Gasteiger partial charge in [-0.3, -0.25) is 0 Å². The largest absolute Gasteiger partial charge is 0.493 e. The molecule has 1 atom stereocenters. The molecule has 2 heteroatoms. The number of hydrogen-bond donors (Lipinski definition) is 0. The molecule has 2 saturated carbocycles. The van der Waals surface area contributed by atoms with Gasteiger partial charge in [0.1, 0.15) is 11.9 Å². The fourth-order valence-corrected chi connectivity index (χ4v) is 5.94. The lowest BCUT2D eigenvalue weighted by Crippen LogP contribution is -2.24. The highest BCUT2D eigenvalue weighted by Gasteiger charge is 2.27. The Morgan fingerprint density at radius 1 is 0.774 bits per heavy atom. The van der Waals surface area contributed by atoms with Crippen LogP contribution in [0.4, 0.5) is 4.39 Å². The summed E-state index contributed by atoms with van der Waals surface area (Å²) in [5.74, 6) is 3.73. The highest BCUT2D eigenvalue weighted by Crippen LogP contribution is 2.35. The summed E-state index contributed by atoms with van der Waals surface area (Å²) in [5, 5.41) is 0. The summed E-state index contributed by atoms with van der Waals surface area (Å²) in [4.78, 5) is 0. The molecule has 0 heterocycles. The Balaban J connectivity index is 1.33. The second kappa shape index (κ2) is 13.5. The van der Waals surface area contributed by atoms with Crippen LogP contribution in [-0.2, 0) is 6.42 Å². The van der Waals surface area contributed by atoms with E-state index in [1.165, 1.54) is 77.0 Å². The fourth-order valence-electron chi connectivity index (χ4n) is 5.94. The molecule has 0 aromatic heterocycles. The topological polar surface area (TPSA) is 9.23 Å². The maximum atomic E-state index is 14.9. The molecule has 1 unspecified atom stereocenters. The smallest absolute Gasteiger partial charge is 0.119 e. The molecule has 0 saturated heterocycles. The summed E-state index contributed by atoms with van der Waals surface area (Å²) in [6.45, 7) is 5.39. The van der Waals surface area contributed by atoms with E-state index >= 15 is 0 Å². The second-order valence-electron chi connectivity index (χ2n) is 10.6. The SMILES string of the molecule is CCCCCC1CCC(COc2ccc(CC(F)C3CCC(CCC)CC3)cc2)CC1. The van der Waals surface area contributed by atoms with Crippen LogP contribution in [-0.4, -0.2) is 12.8 Å². The van der Waals surface area contributed by atoms with Gasteiger partial charge in [-0.2, -0.15) is 0 Å². The van der Waals surface area contributed by atoms with Gasteiger partial charge in [-0.05, 0) is 67.1 Å². The third-order valence-corrected chi connectivity index (χ3v) is 8.12. The summed E-state index contributed by atoms with van der Waals surface area (Å²) in [6, 6.07) is 8.26. The first kappa shape index (κ1) is 24.6. The van der Waals surface area contributed by atoms with Crippen molar-refractivity contribution >= 4 is 0 Å². The van der Waals surface area contributed by atoms with Gasteiger partial charge in [-0.1, -0.05) is 90.2 Å². The molecule has 2 aliphatic carbocycles. The van der Waals surface area contributed by atoms with Crippen molar-refractivity contribution < 1.29 is 9.13 Å². The standard InChI is InChI=1S/C29H47FO/c1-3-5-6-8-24-9-11-26(12-10-24)22-31-28-19-15-25(16-20-28)21-29(30)27-17-13-23(7-4-2)14-18-27/h15-16,19-20,23-24,26-27,29H,3-14,17-18,21-22H2,1-2H3. The Labute approximate surface area is 191 Å². The van der Waals surface area contributed by atoms with Crippen molar-refractivity contribution in [3.63, 3.8) is 0 Å². The maximum Gasteiger partial charge on any atom is 0.119 e. The Morgan fingerprint density at radius 2 is 1.39 bits per heavy atom. The average Bonchev–Trinajstić information content (AvgIpc) is 2.80. The van der Waals surface area contributed by atoms with E-state index in [2.05, 4.69) is 38.1 Å². The Kier molecular flexibility index (Phi) is 10.7. The van der Waals surface area contributed by atoms with Gasteiger partial charge in [-0.25, -0.2) is 4.39 Å². The van der Waals surface area contributed by atoms with Crippen LogP contribution in [0.15, 0.2) is 24.3 Å². The van der Waals surface area contributed by atoms with E-state index in [0.717, 1.165) is 42.6 Å². The minimum Gasteiger partial charge on any atom is -0.493 e. The molecule has 1 aromatic rings. The van der Waals surface area contributed by atoms with Crippen molar-refractivity contribution in [2.45, 2.75) is 116 Å². The van der Waals surface area contributed by atoms with Gasteiger partial charge in [0.2, 0.25) is 0 Å². The van der Waals surface area contributed by atoms with Crippen LogP contribution in [0.5, 0.6) is 5.75 Å². The van der Waals surface area contributed by atoms with E-state index in [-0.39, 0.29) is 5.92 Å². The number of benzene rings is 1. The predicted molar refractivity (Wildman–Crippen MR) is 130 cm³/mol. The number of hydrogen-bond acceptors (Lipinski definition) is 1. The van der Waals surface area contributed by atoms with Crippen LogP contribution in [0.2, 0.25) is 0 Å². The molecule has 0 bridgehead atoms. The minimum atomic E-state index is -0.693. The zero-order valence-electron chi connectivity index (χ0n) is 20.3. The molecule has 2 aliphatic rings. The molecular formula is C29H47FO. The van der Waals surface area contributed by atoms with E-state index in [9.17, 15) is 4.39 Å². The van der Waals surface area contributed by atoms with Crippen LogP contribution >= 0.6 is 0 Å². The molecule has 176 valence electrons. The van der Waals surface area contributed by atoms with Crippen molar-refractivity contribution in [2.24, 2.45) is 23.7 Å². The highest BCUT2D eigenvalue weighted by atomic mass is 19.1. The molecule has 0 radical (unpaired) electrons. The molecule has 0 N–H and O–H groups in total. The summed E-state index contributed by atoms with van der Waals surface area (Å²) in [6.07, 6.45) is 18.0. The first-order chi connectivity index (χ1) is 15.2. The lowest BCUT2D eigenvalue weighted by molar-refractivity contribution is 0.152. The van der Waals surface area contributed by atoms with Crippen LogP contribution < -0.4 is 4.74 Å². The first-order valence-corrected chi connectivity index (χ1v) is 13.5. The molecule has 1 aromatic carbocycles. The fraction of sp³-hybridized carbons (Fsp3) is 0.793. The van der Waals surface area contributed by atoms with Gasteiger partial charge < -0.3 is 4.74 Å². The van der Waals surface area contributed by atoms with Crippen molar-refractivity contribution in [3.8, 4) is 5.75 Å². The van der Waals surface area contributed by atoms with Gasteiger partial charge in [0.25, 0.3) is 0 Å². The van der Waals surface area contributed by atoms with E-state index < -0.39 is 6.17 Å². The third-order valence-electron chi connectivity index (χ3n) is 8.12. The zero-order valence-corrected chi connectivity index (χ0v) is 20.3. The Hall–Kier alpha value is -1.05. The molecule has 1 nitrogen and oxygen atoms in total. The third kappa shape index (κ3) is 8.43. The van der Waals surface area contributed by atoms with Gasteiger partial charge >= 0.3 is 0 Å². The molecule has 31 heavy (non-hydrogen) atoms. The number of rotatable bonds is 12. The van der Waals surface area contributed by atoms with Gasteiger partial charge in [0, 0.05) is 6.42 Å². The van der Waals surface area contributed by atoms with Gasteiger partial charge in [-0.15, -0.1) is 0 Å². The van der Waals surface area contributed by atoms with E-state index in [0.29, 0.717) is 12.3 Å². The van der Waals surface area contributed by atoms with Gasteiger partial charge in [0.05, 0.1) is 6.61 Å². The number of halogens is 1. The molecule has 0 amide bonds. The summed E-state index contributed by atoms with van der Waals surface area (Å²) in [5.41, 5.74) is 1.11. The number of ether oxygens (including phenoxy) is 1. The number of unbranched alkanes of at least 4 members (excludes halogenated alkanes) is 2. The summed E-state index contributed by atoms with van der Waals surface area (Å²) >= 11 is 0. The molecule has 3 rings (SSSR count). The quantitative estimate of drug-likeness (QED) is 0.301. The normalized spacial score (nSPS) is 27.7. The van der Waals surface area contributed by atoms with Crippen LogP contribution in [0.3, 0.4) is 0 Å². The zero-order chi connectivity index (χ0) is 21.9. The van der Waals surface area contributed by atoms with Crippen LogP contribution in [0.25, 0.3) is 0 Å². The molecule has 0 spiro atoms. The van der Waals surface area contributed by atoms with E-state index in [1.54, 1.807) is 0 Å². The second-order valence-corrected chi connectivity index (χ2v) is 10.6. The van der Waals surface area contributed by atoms with Crippen molar-refractivity contribution in [1.82, 2.24) is 0 Å². The Morgan fingerprint density at radius 3 is 2.03 bits per heavy atom. The summed E-state index contributed by atoms with van der Waals surface area (Å²) in [7, 11) is 0. The number of alkyl halides is 1. The van der Waals surface area contributed by atoms with Crippen molar-refractivity contribution in [2.75, 3.05) is 6.61 Å². The minimum absolute atomic E-state index is 0.265. The highest BCUT2D eigenvalue weighted by molar-refractivity contribution is 5.27. The van der Waals surface area contributed by atoms with E-state index in [4.69, 9.17) is 4.74 Å². The van der Waals surface area contributed by atoms with Crippen molar-refractivity contribution in [1.29, 1.82) is 0 Å². The maximum absolute atomic E-state index is 14.9.